The molecule has 0 fully saturated rings. The first kappa shape index (κ1) is 16.3. The van der Waals surface area contributed by atoms with Gasteiger partial charge in [-0.2, -0.15) is 4.80 Å². The molecule has 1 heterocycles. The molecular formula is C17H16N6O2. The molecule has 0 saturated heterocycles. The summed E-state index contributed by atoms with van der Waals surface area (Å²) in [5.41, 5.74) is 6.99. The lowest BCUT2D eigenvalue weighted by Crippen LogP contribution is -2.43. The van der Waals surface area contributed by atoms with Gasteiger partial charge in [0.1, 0.15) is 6.54 Å². The molecule has 1 aromatic heterocycles. The van der Waals surface area contributed by atoms with Gasteiger partial charge in [0, 0.05) is 11.1 Å². The van der Waals surface area contributed by atoms with Crippen molar-refractivity contribution < 1.29 is 9.59 Å². The van der Waals surface area contributed by atoms with E-state index in [1.807, 2.05) is 49.4 Å². The van der Waals surface area contributed by atoms with Crippen molar-refractivity contribution in [2.75, 3.05) is 0 Å². The zero-order chi connectivity index (χ0) is 17.6. The first-order valence-electron chi connectivity index (χ1n) is 7.61. The maximum Gasteiger partial charge on any atom is 0.269 e. The van der Waals surface area contributed by atoms with Crippen molar-refractivity contribution in [1.82, 2.24) is 31.1 Å². The third kappa shape index (κ3) is 4.25. The Morgan fingerprint density at radius 3 is 2.44 bits per heavy atom. The third-order valence-corrected chi connectivity index (χ3v) is 3.40. The summed E-state index contributed by atoms with van der Waals surface area (Å²) in [5, 5.41) is 11.9. The molecule has 0 aliphatic carbocycles. The van der Waals surface area contributed by atoms with Crippen LogP contribution in [-0.2, 0) is 11.3 Å². The Morgan fingerprint density at radius 1 is 1.00 bits per heavy atom. The van der Waals surface area contributed by atoms with Crippen LogP contribution in [0.3, 0.4) is 0 Å². The van der Waals surface area contributed by atoms with E-state index >= 15 is 0 Å². The molecule has 0 radical (unpaired) electrons. The standard InChI is InChI=1S/C17H16N6O2/c1-12-7-9-14(10-8-12)17(25)20-18-15(24)11-23-21-16(19-22-23)13-5-3-2-4-6-13/h2-10H,11H2,1H3,(H,18,24)(H,20,25). The van der Waals surface area contributed by atoms with Gasteiger partial charge in [-0.15, -0.1) is 10.2 Å². The lowest BCUT2D eigenvalue weighted by atomic mass is 10.1. The molecule has 2 N–H and O–H groups in total. The van der Waals surface area contributed by atoms with Crippen LogP contribution >= 0.6 is 0 Å². The summed E-state index contributed by atoms with van der Waals surface area (Å²) >= 11 is 0. The van der Waals surface area contributed by atoms with Crippen LogP contribution in [-0.4, -0.2) is 32.0 Å². The zero-order valence-electron chi connectivity index (χ0n) is 13.5. The van der Waals surface area contributed by atoms with Crippen molar-refractivity contribution in [1.29, 1.82) is 0 Å². The number of nitrogens with zero attached hydrogens (tertiary/aromatic N) is 4. The fraction of sp³-hybridized carbons (Fsp3) is 0.118. The Bertz CT molecular complexity index is 874. The van der Waals surface area contributed by atoms with Gasteiger partial charge in [0.2, 0.25) is 5.82 Å². The number of aromatic nitrogens is 4. The largest absolute Gasteiger partial charge is 0.271 e. The monoisotopic (exact) mass is 336 g/mol. The van der Waals surface area contributed by atoms with Crippen LogP contribution in [0, 0.1) is 6.92 Å². The second-order valence-electron chi connectivity index (χ2n) is 5.38. The highest BCUT2D eigenvalue weighted by atomic mass is 16.2. The fourth-order valence-corrected chi connectivity index (χ4v) is 2.08. The van der Waals surface area contributed by atoms with Crippen molar-refractivity contribution >= 4 is 11.8 Å². The first-order valence-corrected chi connectivity index (χ1v) is 7.61. The Labute approximate surface area is 143 Å². The highest BCUT2D eigenvalue weighted by molar-refractivity contribution is 5.95. The number of hydrogen-bond acceptors (Lipinski definition) is 5. The smallest absolute Gasteiger partial charge is 0.269 e. The molecule has 126 valence electrons. The Morgan fingerprint density at radius 2 is 1.72 bits per heavy atom. The number of carbonyl (C=O) groups is 2. The first-order chi connectivity index (χ1) is 12.1. The van der Waals surface area contributed by atoms with Crippen molar-refractivity contribution in [3.63, 3.8) is 0 Å². The van der Waals surface area contributed by atoms with Crippen molar-refractivity contribution in [3.05, 3.63) is 65.7 Å². The van der Waals surface area contributed by atoms with Gasteiger partial charge < -0.3 is 0 Å². The molecule has 8 heteroatoms. The Balaban J connectivity index is 1.54. The minimum atomic E-state index is -0.461. The molecule has 3 rings (SSSR count). The van der Waals surface area contributed by atoms with Gasteiger partial charge in [-0.1, -0.05) is 48.0 Å². The number of hydrogen-bond donors (Lipinski definition) is 2. The summed E-state index contributed by atoms with van der Waals surface area (Å²) < 4.78 is 0. The van der Waals surface area contributed by atoms with Crippen LogP contribution in [0.1, 0.15) is 15.9 Å². The van der Waals surface area contributed by atoms with E-state index in [1.54, 1.807) is 12.1 Å². The molecule has 0 bridgehead atoms. The minimum Gasteiger partial charge on any atom is -0.271 e. The van der Waals surface area contributed by atoms with E-state index < -0.39 is 11.8 Å². The molecule has 0 aliphatic heterocycles. The molecule has 0 atom stereocenters. The van der Waals surface area contributed by atoms with Gasteiger partial charge in [0.25, 0.3) is 11.8 Å². The highest BCUT2D eigenvalue weighted by Gasteiger charge is 2.10. The summed E-state index contributed by atoms with van der Waals surface area (Å²) in [6.07, 6.45) is 0. The molecule has 0 unspecified atom stereocenters. The van der Waals surface area contributed by atoms with E-state index in [0.717, 1.165) is 15.9 Å². The summed E-state index contributed by atoms with van der Waals surface area (Å²) in [5.74, 6) is -0.431. The Hall–Kier alpha value is -3.55. The van der Waals surface area contributed by atoms with Crippen LogP contribution in [0.15, 0.2) is 54.6 Å². The molecule has 0 aliphatic rings. The number of amides is 2. The van der Waals surface area contributed by atoms with Crippen LogP contribution < -0.4 is 10.9 Å². The molecule has 8 nitrogen and oxygen atoms in total. The van der Waals surface area contributed by atoms with Crippen molar-refractivity contribution in [2.24, 2.45) is 0 Å². The van der Waals surface area contributed by atoms with Gasteiger partial charge in [0.05, 0.1) is 0 Å². The van der Waals surface area contributed by atoms with Gasteiger partial charge >= 0.3 is 0 Å². The zero-order valence-corrected chi connectivity index (χ0v) is 13.5. The molecule has 2 aromatic carbocycles. The van der Waals surface area contributed by atoms with Gasteiger partial charge in [-0.25, -0.2) is 0 Å². The second kappa shape index (κ2) is 7.35. The van der Waals surface area contributed by atoms with E-state index in [1.165, 1.54) is 0 Å². The molecule has 3 aromatic rings. The van der Waals surface area contributed by atoms with E-state index in [9.17, 15) is 9.59 Å². The second-order valence-corrected chi connectivity index (χ2v) is 5.38. The lowest BCUT2D eigenvalue weighted by molar-refractivity contribution is -0.122. The minimum absolute atomic E-state index is 0.159. The molecule has 0 saturated carbocycles. The number of hydrazine groups is 1. The predicted octanol–water partition coefficient (Wildman–Crippen LogP) is 1.11. The van der Waals surface area contributed by atoms with E-state index in [0.29, 0.717) is 11.4 Å². The normalized spacial score (nSPS) is 10.3. The van der Waals surface area contributed by atoms with E-state index in [2.05, 4.69) is 26.3 Å². The van der Waals surface area contributed by atoms with Crippen LogP contribution in [0.5, 0.6) is 0 Å². The SMILES string of the molecule is Cc1ccc(C(=O)NNC(=O)Cn2nnc(-c3ccccc3)n2)cc1. The number of rotatable bonds is 4. The molecular weight excluding hydrogens is 320 g/mol. The highest BCUT2D eigenvalue weighted by Crippen LogP contribution is 2.11. The quantitative estimate of drug-likeness (QED) is 0.695. The predicted molar refractivity (Wildman–Crippen MR) is 90.0 cm³/mol. The lowest BCUT2D eigenvalue weighted by Gasteiger charge is -2.07. The molecule has 0 spiro atoms. The fourth-order valence-electron chi connectivity index (χ4n) is 2.08. The number of nitrogens with one attached hydrogen (secondary N) is 2. The van der Waals surface area contributed by atoms with Crippen LogP contribution in [0.2, 0.25) is 0 Å². The van der Waals surface area contributed by atoms with Gasteiger partial charge in [0.15, 0.2) is 0 Å². The van der Waals surface area contributed by atoms with Crippen LogP contribution in [0.25, 0.3) is 11.4 Å². The maximum atomic E-state index is 11.9. The number of tetrazole rings is 1. The summed E-state index contributed by atoms with van der Waals surface area (Å²) in [7, 11) is 0. The molecule has 2 amide bonds. The average molecular weight is 336 g/mol. The van der Waals surface area contributed by atoms with Crippen LogP contribution in [0.4, 0.5) is 0 Å². The van der Waals surface area contributed by atoms with Crippen molar-refractivity contribution in [3.8, 4) is 11.4 Å². The summed E-state index contributed by atoms with van der Waals surface area (Å²) in [6, 6.07) is 16.3. The Kier molecular flexibility index (Phi) is 4.79. The van der Waals surface area contributed by atoms with Gasteiger partial charge in [-0.05, 0) is 24.3 Å². The number of aryl methyl sites for hydroxylation is 1. The third-order valence-electron chi connectivity index (χ3n) is 3.40. The van der Waals surface area contributed by atoms with E-state index in [4.69, 9.17) is 0 Å². The maximum absolute atomic E-state index is 11.9. The summed E-state index contributed by atoms with van der Waals surface area (Å²) in [6.45, 7) is 1.77. The van der Waals surface area contributed by atoms with E-state index in [-0.39, 0.29) is 6.54 Å². The number of carbonyl (C=O) groups excluding carboxylic acids is 2. The van der Waals surface area contributed by atoms with Crippen molar-refractivity contribution in [2.45, 2.75) is 13.5 Å². The van der Waals surface area contributed by atoms with Gasteiger partial charge in [-0.3, -0.25) is 20.4 Å². The summed E-state index contributed by atoms with van der Waals surface area (Å²) in [4.78, 5) is 25.0. The number of benzene rings is 2. The topological polar surface area (TPSA) is 102 Å². The molecule has 25 heavy (non-hydrogen) atoms. The average Bonchev–Trinajstić information content (AvgIpc) is 3.09.